The van der Waals surface area contributed by atoms with Crippen molar-refractivity contribution in [2.24, 2.45) is 0 Å². The lowest BCUT2D eigenvalue weighted by molar-refractivity contribution is -0.145. The first-order valence-corrected chi connectivity index (χ1v) is 8.47. The third-order valence-electron chi connectivity index (χ3n) is 3.23. The van der Waals surface area contributed by atoms with E-state index in [-0.39, 0.29) is 18.1 Å². The Labute approximate surface area is 154 Å². The normalized spacial score (nSPS) is 15.3. The molecule has 1 aliphatic rings. The number of imide groups is 1. The van der Waals surface area contributed by atoms with Gasteiger partial charge in [-0.1, -0.05) is 12.1 Å². The minimum atomic E-state index is -0.670. The zero-order valence-electron chi connectivity index (χ0n) is 14.2. The standard InChI is InChI=1S/C17H17NO7S/c1-3-24-15(20)10-25-12-6-4-11(5-7-12)8-13-16(21)18(17(22)26-13)9-14(19)23-2/h4-8H,3,9-10H2,1-2H3/b13-8-. The van der Waals surface area contributed by atoms with Gasteiger partial charge in [-0.3, -0.25) is 19.3 Å². The topological polar surface area (TPSA) is 99.2 Å². The summed E-state index contributed by atoms with van der Waals surface area (Å²) in [6.45, 7) is 1.38. The molecule has 0 N–H and O–H groups in total. The second kappa shape index (κ2) is 9.04. The Balaban J connectivity index is 2.01. The van der Waals surface area contributed by atoms with Crippen LogP contribution in [0.5, 0.6) is 5.75 Å². The molecule has 1 heterocycles. The van der Waals surface area contributed by atoms with E-state index in [1.165, 1.54) is 13.2 Å². The number of carbonyl (C=O) groups excluding carboxylic acids is 4. The van der Waals surface area contributed by atoms with E-state index in [1.807, 2.05) is 0 Å². The maximum atomic E-state index is 12.2. The summed E-state index contributed by atoms with van der Waals surface area (Å²) in [5, 5.41) is -0.527. The van der Waals surface area contributed by atoms with Gasteiger partial charge in [0, 0.05) is 0 Å². The van der Waals surface area contributed by atoms with Crippen molar-refractivity contribution < 1.29 is 33.4 Å². The maximum absolute atomic E-state index is 12.2. The Morgan fingerprint density at radius 1 is 1.15 bits per heavy atom. The van der Waals surface area contributed by atoms with E-state index >= 15 is 0 Å². The van der Waals surface area contributed by atoms with Crippen LogP contribution in [-0.4, -0.2) is 54.9 Å². The van der Waals surface area contributed by atoms with Crippen molar-refractivity contribution in [3.63, 3.8) is 0 Å². The summed E-state index contributed by atoms with van der Waals surface area (Å²) in [4.78, 5) is 47.6. The van der Waals surface area contributed by atoms with Crippen LogP contribution in [0.25, 0.3) is 6.08 Å². The van der Waals surface area contributed by atoms with Crippen LogP contribution in [0, 0.1) is 0 Å². The quantitative estimate of drug-likeness (QED) is 0.523. The Hall–Kier alpha value is -2.81. The summed E-state index contributed by atoms with van der Waals surface area (Å²) < 4.78 is 14.5. The third-order valence-corrected chi connectivity index (χ3v) is 4.14. The van der Waals surface area contributed by atoms with Gasteiger partial charge in [0.1, 0.15) is 12.3 Å². The lowest BCUT2D eigenvalue weighted by Crippen LogP contribution is -2.34. The highest BCUT2D eigenvalue weighted by Crippen LogP contribution is 2.32. The largest absolute Gasteiger partial charge is 0.482 e. The van der Waals surface area contributed by atoms with Gasteiger partial charge in [0.15, 0.2) is 6.61 Å². The fourth-order valence-electron chi connectivity index (χ4n) is 1.99. The zero-order chi connectivity index (χ0) is 19.1. The van der Waals surface area contributed by atoms with E-state index in [0.717, 1.165) is 16.7 Å². The van der Waals surface area contributed by atoms with Crippen molar-refractivity contribution in [2.75, 3.05) is 26.9 Å². The number of hydrogen-bond acceptors (Lipinski definition) is 8. The van der Waals surface area contributed by atoms with Crippen LogP contribution in [0.4, 0.5) is 4.79 Å². The van der Waals surface area contributed by atoms with Gasteiger partial charge in [0.05, 0.1) is 18.6 Å². The van der Waals surface area contributed by atoms with Gasteiger partial charge in [-0.05, 0) is 42.5 Å². The van der Waals surface area contributed by atoms with Gasteiger partial charge in [-0.2, -0.15) is 0 Å². The van der Waals surface area contributed by atoms with Crippen LogP contribution in [0.1, 0.15) is 12.5 Å². The highest BCUT2D eigenvalue weighted by atomic mass is 32.2. The molecular formula is C17H17NO7S. The van der Waals surface area contributed by atoms with E-state index < -0.39 is 29.6 Å². The van der Waals surface area contributed by atoms with Crippen LogP contribution in [0.3, 0.4) is 0 Å². The molecular weight excluding hydrogens is 362 g/mol. The lowest BCUT2D eigenvalue weighted by atomic mass is 10.2. The summed E-state index contributed by atoms with van der Waals surface area (Å²) >= 11 is 0.751. The number of nitrogens with zero attached hydrogens (tertiary/aromatic N) is 1. The van der Waals surface area contributed by atoms with E-state index in [1.54, 1.807) is 31.2 Å². The van der Waals surface area contributed by atoms with Crippen molar-refractivity contribution >= 4 is 40.9 Å². The monoisotopic (exact) mass is 379 g/mol. The molecule has 1 saturated heterocycles. The molecule has 0 radical (unpaired) electrons. The number of ether oxygens (including phenoxy) is 3. The van der Waals surface area contributed by atoms with Gasteiger partial charge in [0.25, 0.3) is 11.1 Å². The predicted octanol–water partition coefficient (Wildman–Crippen LogP) is 1.84. The molecule has 26 heavy (non-hydrogen) atoms. The molecule has 1 aromatic rings. The van der Waals surface area contributed by atoms with Crippen molar-refractivity contribution in [1.82, 2.24) is 4.90 Å². The fourth-order valence-corrected chi connectivity index (χ4v) is 2.82. The fraction of sp³-hybridized carbons (Fsp3) is 0.294. The summed E-state index contributed by atoms with van der Waals surface area (Å²) in [6.07, 6.45) is 1.54. The number of carbonyl (C=O) groups is 4. The molecule has 1 aromatic carbocycles. The smallest absolute Gasteiger partial charge is 0.344 e. The molecule has 0 bridgehead atoms. The summed E-state index contributed by atoms with van der Waals surface area (Å²) in [5.74, 6) is -1.21. The molecule has 2 amide bonds. The minimum absolute atomic E-state index is 0.195. The molecule has 0 atom stereocenters. The van der Waals surface area contributed by atoms with Crippen LogP contribution < -0.4 is 4.74 Å². The lowest BCUT2D eigenvalue weighted by Gasteiger charge is -2.09. The molecule has 9 heteroatoms. The Kier molecular flexibility index (Phi) is 6.79. The highest BCUT2D eigenvalue weighted by molar-refractivity contribution is 8.18. The van der Waals surface area contributed by atoms with Crippen molar-refractivity contribution in [2.45, 2.75) is 6.92 Å². The van der Waals surface area contributed by atoms with Crippen molar-refractivity contribution in [3.8, 4) is 5.75 Å². The molecule has 0 unspecified atom stereocenters. The Bertz CT molecular complexity index is 742. The van der Waals surface area contributed by atoms with Crippen LogP contribution in [0.2, 0.25) is 0 Å². The Morgan fingerprint density at radius 2 is 1.85 bits per heavy atom. The average Bonchev–Trinajstić information content (AvgIpc) is 2.88. The van der Waals surface area contributed by atoms with E-state index in [2.05, 4.69) is 4.74 Å². The van der Waals surface area contributed by atoms with E-state index in [0.29, 0.717) is 11.3 Å². The van der Waals surface area contributed by atoms with Gasteiger partial charge in [0.2, 0.25) is 0 Å². The van der Waals surface area contributed by atoms with E-state index in [9.17, 15) is 19.2 Å². The number of benzene rings is 1. The summed E-state index contributed by atoms with van der Waals surface area (Å²) in [7, 11) is 1.18. The molecule has 0 aromatic heterocycles. The SMILES string of the molecule is CCOC(=O)COc1ccc(/C=C2\SC(=O)N(CC(=O)OC)C2=O)cc1. The Morgan fingerprint density at radius 3 is 2.46 bits per heavy atom. The van der Waals surface area contributed by atoms with Gasteiger partial charge in [-0.15, -0.1) is 0 Å². The molecule has 0 aliphatic carbocycles. The maximum Gasteiger partial charge on any atom is 0.344 e. The number of esters is 2. The van der Waals surface area contributed by atoms with Gasteiger partial charge >= 0.3 is 11.9 Å². The predicted molar refractivity (Wildman–Crippen MR) is 93.3 cm³/mol. The summed E-state index contributed by atoms with van der Waals surface area (Å²) in [5.41, 5.74) is 0.664. The average molecular weight is 379 g/mol. The molecule has 1 aliphatic heterocycles. The molecule has 2 rings (SSSR count). The van der Waals surface area contributed by atoms with Gasteiger partial charge in [-0.25, -0.2) is 4.79 Å². The first kappa shape index (κ1) is 19.5. The minimum Gasteiger partial charge on any atom is -0.482 e. The van der Waals surface area contributed by atoms with Crippen LogP contribution in [0.15, 0.2) is 29.2 Å². The van der Waals surface area contributed by atoms with Gasteiger partial charge < -0.3 is 14.2 Å². The molecule has 0 saturated carbocycles. The molecule has 138 valence electrons. The number of rotatable bonds is 7. The second-order valence-electron chi connectivity index (χ2n) is 5.01. The third kappa shape index (κ3) is 5.09. The number of thioether (sulfide) groups is 1. The molecule has 8 nitrogen and oxygen atoms in total. The van der Waals surface area contributed by atoms with Crippen molar-refractivity contribution in [1.29, 1.82) is 0 Å². The van der Waals surface area contributed by atoms with Crippen molar-refractivity contribution in [3.05, 3.63) is 34.7 Å². The number of amides is 2. The molecule has 0 spiro atoms. The first-order valence-electron chi connectivity index (χ1n) is 7.65. The van der Waals surface area contributed by atoms with Crippen LogP contribution in [-0.2, 0) is 23.9 Å². The summed E-state index contributed by atoms with van der Waals surface area (Å²) in [6, 6.07) is 6.61. The van der Waals surface area contributed by atoms with Crippen LogP contribution >= 0.6 is 11.8 Å². The first-order chi connectivity index (χ1) is 12.4. The highest BCUT2D eigenvalue weighted by Gasteiger charge is 2.36. The zero-order valence-corrected chi connectivity index (χ0v) is 15.0. The molecule has 1 fully saturated rings. The number of methoxy groups -OCH3 is 1. The number of hydrogen-bond donors (Lipinski definition) is 0. The van der Waals surface area contributed by atoms with E-state index in [4.69, 9.17) is 9.47 Å². The second-order valence-corrected chi connectivity index (χ2v) is 6.00.